The van der Waals surface area contributed by atoms with Gasteiger partial charge in [0.1, 0.15) is 5.69 Å². The molecule has 0 saturated heterocycles. The van der Waals surface area contributed by atoms with E-state index < -0.39 is 0 Å². The summed E-state index contributed by atoms with van der Waals surface area (Å²) in [5, 5.41) is 7.09. The summed E-state index contributed by atoms with van der Waals surface area (Å²) in [6, 6.07) is 3.72. The van der Waals surface area contributed by atoms with E-state index >= 15 is 0 Å². The molecule has 0 aromatic carbocycles. The van der Waals surface area contributed by atoms with Crippen molar-refractivity contribution in [2.24, 2.45) is 0 Å². The van der Waals surface area contributed by atoms with Gasteiger partial charge in [-0.1, -0.05) is 0 Å². The molecule has 1 aliphatic rings. The number of aromatic nitrogens is 5. The normalized spacial score (nSPS) is 13.8. The highest BCUT2D eigenvalue weighted by atomic mass is 16.3. The molecule has 3 aromatic heterocycles. The van der Waals surface area contributed by atoms with Gasteiger partial charge in [0.2, 0.25) is 5.82 Å². The lowest BCUT2D eigenvalue weighted by atomic mass is 10.4. The minimum Gasteiger partial charge on any atom is -0.461 e. The number of amides is 1. The number of hydrogen-bond donors (Lipinski definition) is 1. The predicted octanol–water partition coefficient (Wildman–Crippen LogP) is 0.860. The quantitative estimate of drug-likeness (QED) is 0.713. The van der Waals surface area contributed by atoms with Crippen molar-refractivity contribution in [2.75, 3.05) is 6.54 Å². The molecule has 0 aliphatic heterocycles. The van der Waals surface area contributed by atoms with Crippen LogP contribution in [0.3, 0.4) is 0 Å². The summed E-state index contributed by atoms with van der Waals surface area (Å²) >= 11 is 0. The minimum atomic E-state index is -0.339. The van der Waals surface area contributed by atoms with E-state index in [1.54, 1.807) is 23.0 Å². The maximum absolute atomic E-state index is 12.6. The van der Waals surface area contributed by atoms with Crippen LogP contribution in [0.4, 0.5) is 0 Å². The number of nitrogens with zero attached hydrogens (tertiary/aromatic N) is 5. The Bertz CT molecular complexity index is 925. The van der Waals surface area contributed by atoms with Gasteiger partial charge in [0, 0.05) is 25.0 Å². The van der Waals surface area contributed by atoms with Gasteiger partial charge in [-0.25, -0.2) is 14.5 Å². The Balaban J connectivity index is 1.49. The van der Waals surface area contributed by atoms with Gasteiger partial charge in [-0.15, -0.1) is 5.10 Å². The van der Waals surface area contributed by atoms with Crippen molar-refractivity contribution in [1.29, 1.82) is 0 Å². The van der Waals surface area contributed by atoms with Gasteiger partial charge in [0.25, 0.3) is 5.91 Å². The highest BCUT2D eigenvalue weighted by Crippen LogP contribution is 2.36. The predicted molar refractivity (Wildman–Crippen MR) is 86.8 cm³/mol. The van der Waals surface area contributed by atoms with Crippen LogP contribution in [-0.2, 0) is 6.54 Å². The van der Waals surface area contributed by atoms with E-state index in [-0.39, 0.29) is 36.4 Å². The van der Waals surface area contributed by atoms with Crippen LogP contribution in [0, 0.1) is 0 Å². The first kappa shape index (κ1) is 15.3. The third-order valence-electron chi connectivity index (χ3n) is 3.93. The molecule has 0 unspecified atom stereocenters. The summed E-state index contributed by atoms with van der Waals surface area (Å²) in [4.78, 5) is 32.3. The molecule has 0 atom stereocenters. The number of nitrogens with one attached hydrogen (secondary N) is 1. The molecule has 1 amide bonds. The molecule has 0 bridgehead atoms. The highest BCUT2D eigenvalue weighted by Gasteiger charge is 2.31. The maximum atomic E-state index is 12.6. The summed E-state index contributed by atoms with van der Waals surface area (Å²) in [5.74, 6) is 0.748. The zero-order valence-electron chi connectivity index (χ0n) is 13.3. The van der Waals surface area contributed by atoms with Crippen LogP contribution in [0.15, 0.2) is 46.2 Å². The van der Waals surface area contributed by atoms with Gasteiger partial charge < -0.3 is 9.73 Å². The lowest BCUT2D eigenvalue weighted by Gasteiger charge is -2.03. The molecule has 25 heavy (non-hydrogen) atoms. The average molecular weight is 340 g/mol. The summed E-state index contributed by atoms with van der Waals surface area (Å²) in [6.07, 6.45) is 7.81. The number of carbonyl (C=O) groups is 1. The van der Waals surface area contributed by atoms with Crippen LogP contribution >= 0.6 is 0 Å². The minimum absolute atomic E-state index is 0.176. The fourth-order valence-electron chi connectivity index (χ4n) is 2.58. The van der Waals surface area contributed by atoms with E-state index in [1.165, 1.54) is 23.3 Å². The molecule has 128 valence electrons. The number of hydrogen-bond acceptors (Lipinski definition) is 6. The van der Waals surface area contributed by atoms with E-state index in [0.29, 0.717) is 11.6 Å². The van der Waals surface area contributed by atoms with Crippen molar-refractivity contribution in [3.05, 3.63) is 53.2 Å². The zero-order valence-corrected chi connectivity index (χ0v) is 13.3. The van der Waals surface area contributed by atoms with Crippen molar-refractivity contribution in [1.82, 2.24) is 29.6 Å². The topological polar surface area (TPSA) is 108 Å². The summed E-state index contributed by atoms with van der Waals surface area (Å²) in [5.41, 5.74) is 0.0392. The van der Waals surface area contributed by atoms with E-state index in [9.17, 15) is 9.59 Å². The van der Waals surface area contributed by atoms with Gasteiger partial charge in [-0.05, 0) is 25.0 Å². The number of carbonyl (C=O) groups excluding carboxylic acids is 1. The summed E-state index contributed by atoms with van der Waals surface area (Å²) in [6.45, 7) is 0.521. The lowest BCUT2D eigenvalue weighted by Crippen LogP contribution is -2.32. The molecule has 3 heterocycles. The third-order valence-corrected chi connectivity index (χ3v) is 3.93. The Kier molecular flexibility index (Phi) is 3.88. The van der Waals surface area contributed by atoms with Gasteiger partial charge in [-0.2, -0.15) is 0 Å². The Morgan fingerprint density at radius 1 is 1.36 bits per heavy atom. The maximum Gasteiger partial charge on any atom is 0.346 e. The van der Waals surface area contributed by atoms with Crippen molar-refractivity contribution in [2.45, 2.75) is 25.4 Å². The second-order valence-corrected chi connectivity index (χ2v) is 5.75. The lowest BCUT2D eigenvalue weighted by molar-refractivity contribution is 0.0946. The second kappa shape index (κ2) is 6.34. The highest BCUT2D eigenvalue weighted by molar-refractivity contribution is 5.91. The molecule has 3 aromatic rings. The number of rotatable bonds is 6. The third kappa shape index (κ3) is 3.08. The molecular formula is C16H16N6O3. The molecule has 0 spiro atoms. The molecule has 1 fully saturated rings. The molecule has 1 aliphatic carbocycles. The van der Waals surface area contributed by atoms with Gasteiger partial charge in [0.05, 0.1) is 19.0 Å². The van der Waals surface area contributed by atoms with Crippen LogP contribution in [0.1, 0.15) is 29.4 Å². The molecule has 4 rings (SSSR count). The fraction of sp³-hybridized carbons (Fsp3) is 0.312. The van der Waals surface area contributed by atoms with E-state index in [0.717, 1.165) is 12.8 Å². The Morgan fingerprint density at radius 2 is 2.24 bits per heavy atom. The molecule has 1 N–H and O–H groups in total. The van der Waals surface area contributed by atoms with Crippen molar-refractivity contribution in [3.63, 3.8) is 0 Å². The van der Waals surface area contributed by atoms with Crippen LogP contribution in [0.5, 0.6) is 0 Å². The van der Waals surface area contributed by atoms with Crippen LogP contribution in [0.2, 0.25) is 0 Å². The monoisotopic (exact) mass is 340 g/mol. The SMILES string of the molecule is O=C(NCCn1nc(-c2ccco2)n(C2CC2)c1=O)c1cnccn1. The fourth-order valence-corrected chi connectivity index (χ4v) is 2.58. The standard InChI is InChI=1S/C16H16N6O3/c23-15(12-10-17-5-6-18-12)19-7-8-21-16(24)22(11-3-4-11)14(20-21)13-2-1-9-25-13/h1-2,5-6,9-11H,3-4,7-8H2,(H,19,23). The van der Waals surface area contributed by atoms with Crippen LogP contribution < -0.4 is 11.0 Å². The van der Waals surface area contributed by atoms with Crippen LogP contribution in [0.25, 0.3) is 11.6 Å². The van der Waals surface area contributed by atoms with Gasteiger partial charge in [-0.3, -0.25) is 14.3 Å². The van der Waals surface area contributed by atoms with Gasteiger partial charge in [0.15, 0.2) is 5.76 Å². The molecule has 9 heteroatoms. The molecular weight excluding hydrogens is 324 g/mol. The molecule has 1 saturated carbocycles. The molecule has 9 nitrogen and oxygen atoms in total. The van der Waals surface area contributed by atoms with Crippen LogP contribution in [-0.4, -0.2) is 36.8 Å². The Labute approximate surface area is 142 Å². The largest absolute Gasteiger partial charge is 0.461 e. The Morgan fingerprint density at radius 3 is 2.92 bits per heavy atom. The van der Waals surface area contributed by atoms with E-state index in [1.807, 2.05) is 0 Å². The summed E-state index contributed by atoms with van der Waals surface area (Å²) in [7, 11) is 0. The smallest absolute Gasteiger partial charge is 0.346 e. The average Bonchev–Trinajstić information content (AvgIpc) is 3.21. The van der Waals surface area contributed by atoms with Crippen molar-refractivity contribution >= 4 is 5.91 Å². The van der Waals surface area contributed by atoms with E-state index in [2.05, 4.69) is 20.4 Å². The number of furan rings is 1. The second-order valence-electron chi connectivity index (χ2n) is 5.75. The molecule has 0 radical (unpaired) electrons. The van der Waals surface area contributed by atoms with E-state index in [4.69, 9.17) is 4.42 Å². The zero-order chi connectivity index (χ0) is 17.2. The van der Waals surface area contributed by atoms with Gasteiger partial charge >= 0.3 is 5.69 Å². The Hall–Kier alpha value is -3.23. The first-order valence-corrected chi connectivity index (χ1v) is 8.01. The van der Waals surface area contributed by atoms with Crippen molar-refractivity contribution < 1.29 is 9.21 Å². The summed E-state index contributed by atoms with van der Waals surface area (Å²) < 4.78 is 8.41. The van der Waals surface area contributed by atoms with Crippen molar-refractivity contribution in [3.8, 4) is 11.6 Å². The first-order chi connectivity index (χ1) is 12.2. The first-order valence-electron chi connectivity index (χ1n) is 8.01.